The fraction of sp³-hybridized carbons (Fsp3) is 0.480. The van der Waals surface area contributed by atoms with Crippen molar-refractivity contribution in [3.8, 4) is 0 Å². The molecule has 1 fully saturated rings. The van der Waals surface area contributed by atoms with Crippen molar-refractivity contribution in [2.75, 3.05) is 13.1 Å². The average molecular weight is 479 g/mol. The topological polar surface area (TPSA) is 17.1 Å². The first-order valence-corrected chi connectivity index (χ1v) is 11.0. The standard InChI is InChI=1S/C25H33ClNO.BrH/c1-4-24(25(28)17-22-19(2)11-10-12-20(22)3)27(15-8-5-9-16-27)18-21-13-6-7-14-23(21)26;/h6-7,10-14,24H,4-5,8-9,15-18H2,1-3H3;1H/q+1;/p-1. The number of nitrogens with zero attached hydrogens (tertiary/aromatic N) is 1. The summed E-state index contributed by atoms with van der Waals surface area (Å²) in [4.78, 5) is 13.6. The fourth-order valence-corrected chi connectivity index (χ4v) is 5.22. The van der Waals surface area contributed by atoms with E-state index in [-0.39, 0.29) is 23.0 Å². The van der Waals surface area contributed by atoms with E-state index in [0.29, 0.717) is 12.2 Å². The molecule has 2 aromatic rings. The van der Waals surface area contributed by atoms with Gasteiger partial charge in [-0.2, -0.15) is 0 Å². The second kappa shape index (κ2) is 10.7. The Labute approximate surface area is 191 Å². The molecule has 3 rings (SSSR count). The quantitative estimate of drug-likeness (QED) is 0.559. The molecule has 0 aromatic heterocycles. The van der Waals surface area contributed by atoms with Gasteiger partial charge in [0.2, 0.25) is 0 Å². The Balaban J connectivity index is 0.00000300. The van der Waals surface area contributed by atoms with E-state index in [4.69, 9.17) is 11.6 Å². The summed E-state index contributed by atoms with van der Waals surface area (Å²) in [7, 11) is 0. The number of benzene rings is 2. The van der Waals surface area contributed by atoms with E-state index >= 15 is 0 Å². The zero-order valence-corrected chi connectivity index (χ0v) is 20.2. The lowest BCUT2D eigenvalue weighted by Crippen LogP contribution is -3.00. The van der Waals surface area contributed by atoms with Gasteiger partial charge in [-0.25, -0.2) is 0 Å². The van der Waals surface area contributed by atoms with Gasteiger partial charge in [0.15, 0.2) is 5.78 Å². The van der Waals surface area contributed by atoms with E-state index in [2.05, 4.69) is 51.1 Å². The summed E-state index contributed by atoms with van der Waals surface area (Å²) in [6.45, 7) is 9.41. The van der Waals surface area contributed by atoms with Gasteiger partial charge in [0.1, 0.15) is 12.6 Å². The van der Waals surface area contributed by atoms with Crippen LogP contribution in [0.15, 0.2) is 42.5 Å². The van der Waals surface area contributed by atoms with E-state index in [0.717, 1.165) is 35.6 Å². The SMILES string of the molecule is CCC(C(=O)Cc1c(C)cccc1C)[N+]1(Cc2ccccc2Cl)CCCCC1.[Br-]. The molecule has 1 unspecified atom stereocenters. The van der Waals surface area contributed by atoms with Crippen LogP contribution < -0.4 is 17.0 Å². The number of hydrogen-bond acceptors (Lipinski definition) is 1. The van der Waals surface area contributed by atoms with E-state index in [1.165, 1.54) is 41.5 Å². The van der Waals surface area contributed by atoms with E-state index < -0.39 is 0 Å². The predicted molar refractivity (Wildman–Crippen MR) is 118 cm³/mol. The lowest BCUT2D eigenvalue weighted by atomic mass is 9.91. The summed E-state index contributed by atoms with van der Waals surface area (Å²) in [6, 6.07) is 14.5. The minimum Gasteiger partial charge on any atom is -1.00 e. The number of piperidine rings is 1. The van der Waals surface area contributed by atoms with Crippen LogP contribution in [0.5, 0.6) is 0 Å². The van der Waals surface area contributed by atoms with Crippen LogP contribution in [0.2, 0.25) is 5.02 Å². The van der Waals surface area contributed by atoms with Gasteiger partial charge in [-0.05, 0) is 55.9 Å². The molecule has 0 amide bonds. The number of aryl methyl sites for hydroxylation is 2. The molecule has 29 heavy (non-hydrogen) atoms. The molecule has 0 radical (unpaired) electrons. The van der Waals surface area contributed by atoms with Crippen molar-refractivity contribution in [3.63, 3.8) is 0 Å². The van der Waals surface area contributed by atoms with Gasteiger partial charge >= 0.3 is 0 Å². The van der Waals surface area contributed by atoms with Crippen LogP contribution in [0.1, 0.15) is 54.9 Å². The first kappa shape index (κ1) is 24.1. The van der Waals surface area contributed by atoms with Crippen molar-refractivity contribution in [1.29, 1.82) is 0 Å². The molecule has 1 atom stereocenters. The number of quaternary nitrogens is 1. The third-order valence-electron chi connectivity index (χ3n) is 6.56. The van der Waals surface area contributed by atoms with Crippen molar-refractivity contribution in [2.24, 2.45) is 0 Å². The molecule has 0 saturated carbocycles. The van der Waals surface area contributed by atoms with Crippen molar-refractivity contribution >= 4 is 17.4 Å². The predicted octanol–water partition coefficient (Wildman–Crippen LogP) is 3.05. The molecule has 1 saturated heterocycles. The first-order valence-electron chi connectivity index (χ1n) is 10.6. The highest BCUT2D eigenvalue weighted by Crippen LogP contribution is 2.31. The highest BCUT2D eigenvalue weighted by molar-refractivity contribution is 6.31. The van der Waals surface area contributed by atoms with Crippen LogP contribution in [0.25, 0.3) is 0 Å². The number of ketones is 1. The minimum absolute atomic E-state index is 0. The Bertz CT molecular complexity index is 809. The normalized spacial score (nSPS) is 16.7. The average Bonchev–Trinajstić information content (AvgIpc) is 2.68. The van der Waals surface area contributed by atoms with Gasteiger partial charge < -0.3 is 21.5 Å². The molecule has 4 heteroatoms. The van der Waals surface area contributed by atoms with Gasteiger partial charge in [0, 0.05) is 23.4 Å². The number of carbonyl (C=O) groups excluding carboxylic acids is 1. The number of rotatable bonds is 7. The minimum atomic E-state index is 0. The molecular weight excluding hydrogens is 446 g/mol. The van der Waals surface area contributed by atoms with Crippen molar-refractivity contribution < 1.29 is 26.3 Å². The Morgan fingerprint density at radius 2 is 1.62 bits per heavy atom. The molecule has 2 nitrogen and oxygen atoms in total. The van der Waals surface area contributed by atoms with Crippen LogP contribution in [-0.4, -0.2) is 29.4 Å². The van der Waals surface area contributed by atoms with Crippen LogP contribution >= 0.6 is 11.6 Å². The summed E-state index contributed by atoms with van der Waals surface area (Å²) >= 11 is 6.51. The highest BCUT2D eigenvalue weighted by atomic mass is 79.9. The maximum atomic E-state index is 13.6. The fourth-order valence-electron chi connectivity index (χ4n) is 5.03. The third kappa shape index (κ3) is 5.51. The number of likely N-dealkylation sites (tertiary alicyclic amines) is 1. The van der Waals surface area contributed by atoms with Crippen molar-refractivity contribution in [3.05, 3.63) is 69.7 Å². The first-order chi connectivity index (χ1) is 13.5. The smallest absolute Gasteiger partial charge is 0.194 e. The van der Waals surface area contributed by atoms with Gasteiger partial charge in [0.05, 0.1) is 13.1 Å². The Morgan fingerprint density at radius 3 is 2.21 bits per heavy atom. The summed E-state index contributed by atoms with van der Waals surface area (Å²) < 4.78 is 0.865. The molecule has 1 aliphatic rings. The van der Waals surface area contributed by atoms with Crippen LogP contribution in [-0.2, 0) is 17.8 Å². The van der Waals surface area contributed by atoms with Crippen molar-refractivity contribution in [2.45, 2.75) is 65.5 Å². The second-order valence-corrected chi connectivity index (χ2v) is 8.82. The summed E-state index contributed by atoms with van der Waals surface area (Å²) in [6.07, 6.45) is 5.08. The molecular formula is C25H33BrClNO. The lowest BCUT2D eigenvalue weighted by Gasteiger charge is -2.46. The van der Waals surface area contributed by atoms with Crippen LogP contribution in [0, 0.1) is 13.8 Å². The zero-order chi connectivity index (χ0) is 20.1. The van der Waals surface area contributed by atoms with Crippen LogP contribution in [0.4, 0.5) is 0 Å². The van der Waals surface area contributed by atoms with Gasteiger partial charge in [-0.1, -0.05) is 54.9 Å². The molecule has 158 valence electrons. The number of carbonyl (C=O) groups is 1. The van der Waals surface area contributed by atoms with Crippen molar-refractivity contribution in [1.82, 2.24) is 0 Å². The molecule has 0 bridgehead atoms. The summed E-state index contributed by atoms with van der Waals surface area (Å²) in [5.74, 6) is 0.383. The molecule has 0 spiro atoms. The second-order valence-electron chi connectivity index (χ2n) is 8.41. The largest absolute Gasteiger partial charge is 1.00 e. The van der Waals surface area contributed by atoms with Gasteiger partial charge in [-0.3, -0.25) is 4.79 Å². The zero-order valence-electron chi connectivity index (χ0n) is 17.9. The third-order valence-corrected chi connectivity index (χ3v) is 6.93. The van der Waals surface area contributed by atoms with E-state index in [9.17, 15) is 4.79 Å². The molecule has 0 N–H and O–H groups in total. The number of Topliss-reactive ketones (excluding diaryl/α,β-unsaturated/α-hetero) is 1. The Kier molecular flexibility index (Phi) is 8.93. The van der Waals surface area contributed by atoms with Gasteiger partial charge in [0.25, 0.3) is 0 Å². The summed E-state index contributed by atoms with van der Waals surface area (Å²) in [5, 5.41) is 0.822. The van der Waals surface area contributed by atoms with E-state index in [1.54, 1.807) is 0 Å². The number of hydrogen-bond donors (Lipinski definition) is 0. The lowest BCUT2D eigenvalue weighted by molar-refractivity contribution is -0.959. The molecule has 2 aromatic carbocycles. The summed E-state index contributed by atoms with van der Waals surface area (Å²) in [5.41, 5.74) is 4.82. The Morgan fingerprint density at radius 1 is 1.00 bits per heavy atom. The molecule has 0 aliphatic carbocycles. The Hall–Kier alpha value is -1.16. The monoisotopic (exact) mass is 477 g/mol. The maximum Gasteiger partial charge on any atom is 0.194 e. The van der Waals surface area contributed by atoms with E-state index in [1.807, 2.05) is 12.1 Å². The van der Waals surface area contributed by atoms with Crippen LogP contribution in [0.3, 0.4) is 0 Å². The number of halogens is 2. The molecule has 1 aliphatic heterocycles. The maximum absolute atomic E-state index is 13.6. The highest BCUT2D eigenvalue weighted by Gasteiger charge is 2.41. The molecule has 1 heterocycles. The van der Waals surface area contributed by atoms with Gasteiger partial charge in [-0.15, -0.1) is 0 Å².